The van der Waals surface area contributed by atoms with Crippen LogP contribution in [0.4, 0.5) is 14.5 Å². The molecule has 1 aliphatic rings. The fourth-order valence-corrected chi connectivity index (χ4v) is 1.49. The summed E-state index contributed by atoms with van der Waals surface area (Å²) in [6.45, 7) is 0.506. The molecule has 1 fully saturated rings. The van der Waals surface area contributed by atoms with E-state index in [9.17, 15) is 13.9 Å². The number of hydrogen-bond acceptors (Lipinski definition) is 3. The summed E-state index contributed by atoms with van der Waals surface area (Å²) in [7, 11) is 0. The molecule has 1 heterocycles. The molecule has 0 spiro atoms. The lowest BCUT2D eigenvalue weighted by Gasteiger charge is -2.16. The number of hydrogen-bond donors (Lipinski definition) is 2. The van der Waals surface area contributed by atoms with Gasteiger partial charge in [-0.2, -0.15) is 0 Å². The van der Waals surface area contributed by atoms with E-state index in [0.29, 0.717) is 0 Å². The molecule has 2 atom stereocenters. The van der Waals surface area contributed by atoms with Crippen molar-refractivity contribution in [2.45, 2.75) is 12.1 Å². The Hall–Kier alpha value is -1.20. The molecule has 2 N–H and O–H groups in total. The Morgan fingerprint density at radius 3 is 2.80 bits per heavy atom. The van der Waals surface area contributed by atoms with Gasteiger partial charge in [0.1, 0.15) is 11.6 Å². The van der Waals surface area contributed by atoms with Gasteiger partial charge in [0.15, 0.2) is 0 Å². The summed E-state index contributed by atoms with van der Waals surface area (Å²) >= 11 is 0. The molecule has 15 heavy (non-hydrogen) atoms. The minimum atomic E-state index is -0.687. The van der Waals surface area contributed by atoms with E-state index in [4.69, 9.17) is 4.74 Å². The summed E-state index contributed by atoms with van der Waals surface area (Å²) in [6.07, 6.45) is -0.687. The standard InChI is InChI=1S/C10H11F2NO2/c11-6-1-2-7(12)8(3-6)13-9-4-15-5-10(9)14/h1-3,9-10,13-14H,4-5H2/t9-,10-/m1/s1. The van der Waals surface area contributed by atoms with Gasteiger partial charge in [-0.05, 0) is 18.2 Å². The normalized spacial score (nSPS) is 25.5. The molecule has 1 aromatic carbocycles. The average molecular weight is 215 g/mol. The van der Waals surface area contributed by atoms with Crippen LogP contribution in [0, 0.1) is 11.6 Å². The van der Waals surface area contributed by atoms with Gasteiger partial charge in [-0.1, -0.05) is 0 Å². The molecule has 0 amide bonds. The first-order valence-corrected chi connectivity index (χ1v) is 4.64. The molecule has 1 aromatic rings. The second-order valence-electron chi connectivity index (χ2n) is 3.48. The van der Waals surface area contributed by atoms with Crippen molar-refractivity contribution >= 4 is 5.69 Å². The van der Waals surface area contributed by atoms with E-state index in [1.807, 2.05) is 0 Å². The molecule has 82 valence electrons. The summed E-state index contributed by atoms with van der Waals surface area (Å²) in [5, 5.41) is 12.1. The van der Waals surface area contributed by atoms with E-state index in [1.54, 1.807) is 0 Å². The number of benzene rings is 1. The van der Waals surface area contributed by atoms with Crippen LogP contribution in [0.15, 0.2) is 18.2 Å². The van der Waals surface area contributed by atoms with Crippen molar-refractivity contribution in [1.82, 2.24) is 0 Å². The van der Waals surface area contributed by atoms with Crippen LogP contribution < -0.4 is 5.32 Å². The van der Waals surface area contributed by atoms with Crippen LogP contribution in [0.1, 0.15) is 0 Å². The molecule has 0 bridgehead atoms. The number of halogens is 2. The van der Waals surface area contributed by atoms with Gasteiger partial charge in [0, 0.05) is 0 Å². The first kappa shape index (κ1) is 10.3. The number of aliphatic hydroxyl groups excluding tert-OH is 1. The molecule has 0 saturated carbocycles. The Morgan fingerprint density at radius 1 is 1.33 bits per heavy atom. The third kappa shape index (κ3) is 2.24. The summed E-state index contributed by atoms with van der Waals surface area (Å²) in [4.78, 5) is 0. The van der Waals surface area contributed by atoms with Crippen molar-refractivity contribution in [3.63, 3.8) is 0 Å². The molecule has 0 aliphatic carbocycles. The largest absolute Gasteiger partial charge is 0.388 e. The van der Waals surface area contributed by atoms with E-state index in [1.165, 1.54) is 0 Å². The zero-order chi connectivity index (χ0) is 10.8. The SMILES string of the molecule is O[C@@H]1COC[C@H]1Nc1cc(F)ccc1F. The molecule has 1 aliphatic heterocycles. The molecular weight excluding hydrogens is 204 g/mol. The molecule has 1 saturated heterocycles. The predicted octanol–water partition coefficient (Wildman–Crippen LogP) is 1.14. The summed E-state index contributed by atoms with van der Waals surface area (Å²) in [5.74, 6) is -1.07. The van der Waals surface area contributed by atoms with Crippen LogP contribution >= 0.6 is 0 Å². The van der Waals surface area contributed by atoms with Crippen molar-refractivity contribution in [2.24, 2.45) is 0 Å². The quantitative estimate of drug-likeness (QED) is 0.777. The van der Waals surface area contributed by atoms with Crippen molar-refractivity contribution in [3.05, 3.63) is 29.8 Å². The Bertz CT molecular complexity index is 359. The molecule has 0 unspecified atom stereocenters. The van der Waals surface area contributed by atoms with Gasteiger partial charge < -0.3 is 15.2 Å². The summed E-state index contributed by atoms with van der Waals surface area (Å²) in [5.41, 5.74) is 0.0459. The molecule has 0 aromatic heterocycles. The van der Waals surface area contributed by atoms with Crippen LogP contribution in [0.3, 0.4) is 0 Å². The third-order valence-corrected chi connectivity index (χ3v) is 2.32. The second kappa shape index (κ2) is 4.12. The van der Waals surface area contributed by atoms with Crippen LogP contribution in [0.25, 0.3) is 0 Å². The number of aliphatic hydroxyl groups is 1. The highest BCUT2D eigenvalue weighted by Crippen LogP contribution is 2.19. The fourth-order valence-electron chi connectivity index (χ4n) is 1.49. The van der Waals surface area contributed by atoms with Crippen molar-refractivity contribution < 1.29 is 18.6 Å². The van der Waals surface area contributed by atoms with Gasteiger partial charge in [0.05, 0.1) is 31.0 Å². The Labute approximate surface area is 85.7 Å². The van der Waals surface area contributed by atoms with Crippen LogP contribution in [0.5, 0.6) is 0 Å². The van der Waals surface area contributed by atoms with Gasteiger partial charge >= 0.3 is 0 Å². The van der Waals surface area contributed by atoms with Crippen LogP contribution in [-0.4, -0.2) is 30.5 Å². The number of nitrogens with one attached hydrogen (secondary N) is 1. The van der Waals surface area contributed by atoms with E-state index >= 15 is 0 Å². The summed E-state index contributed by atoms with van der Waals surface area (Å²) in [6, 6.07) is 2.75. The van der Waals surface area contributed by atoms with Crippen molar-refractivity contribution in [1.29, 1.82) is 0 Å². The van der Waals surface area contributed by atoms with Crippen LogP contribution in [-0.2, 0) is 4.74 Å². The van der Waals surface area contributed by atoms with E-state index in [2.05, 4.69) is 5.32 Å². The van der Waals surface area contributed by atoms with Crippen molar-refractivity contribution in [3.8, 4) is 0 Å². The van der Waals surface area contributed by atoms with E-state index in [0.717, 1.165) is 18.2 Å². The maximum absolute atomic E-state index is 13.2. The highest BCUT2D eigenvalue weighted by molar-refractivity contribution is 5.46. The average Bonchev–Trinajstić information content (AvgIpc) is 2.58. The van der Waals surface area contributed by atoms with Gasteiger partial charge in [-0.15, -0.1) is 0 Å². The predicted molar refractivity (Wildman–Crippen MR) is 50.6 cm³/mol. The Kier molecular flexibility index (Phi) is 2.83. The topological polar surface area (TPSA) is 41.5 Å². The van der Waals surface area contributed by atoms with Gasteiger partial charge in [-0.25, -0.2) is 8.78 Å². The smallest absolute Gasteiger partial charge is 0.146 e. The molecule has 2 rings (SSSR count). The van der Waals surface area contributed by atoms with Gasteiger partial charge in [0.25, 0.3) is 0 Å². The highest BCUT2D eigenvalue weighted by Gasteiger charge is 2.26. The first-order valence-electron chi connectivity index (χ1n) is 4.64. The van der Waals surface area contributed by atoms with E-state index < -0.39 is 17.7 Å². The molecule has 5 heteroatoms. The maximum Gasteiger partial charge on any atom is 0.146 e. The molecule has 3 nitrogen and oxygen atoms in total. The fraction of sp³-hybridized carbons (Fsp3) is 0.400. The Balaban J connectivity index is 2.12. The lowest BCUT2D eigenvalue weighted by molar-refractivity contribution is 0.125. The van der Waals surface area contributed by atoms with Crippen molar-refractivity contribution in [2.75, 3.05) is 18.5 Å². The number of anilines is 1. The molecule has 0 radical (unpaired) electrons. The number of rotatable bonds is 2. The third-order valence-electron chi connectivity index (χ3n) is 2.32. The minimum absolute atomic E-state index is 0.0459. The van der Waals surface area contributed by atoms with Gasteiger partial charge in [-0.3, -0.25) is 0 Å². The Morgan fingerprint density at radius 2 is 2.13 bits per heavy atom. The monoisotopic (exact) mass is 215 g/mol. The number of ether oxygens (including phenoxy) is 1. The lowest BCUT2D eigenvalue weighted by Crippen LogP contribution is -2.32. The molecular formula is C10H11F2NO2. The second-order valence-corrected chi connectivity index (χ2v) is 3.48. The lowest BCUT2D eigenvalue weighted by atomic mass is 10.2. The van der Waals surface area contributed by atoms with Crippen LogP contribution in [0.2, 0.25) is 0 Å². The zero-order valence-electron chi connectivity index (χ0n) is 7.91. The summed E-state index contributed by atoms with van der Waals surface area (Å²) < 4.78 is 31.0. The van der Waals surface area contributed by atoms with Gasteiger partial charge in [0.2, 0.25) is 0 Å². The van der Waals surface area contributed by atoms with E-state index in [-0.39, 0.29) is 24.9 Å². The maximum atomic E-state index is 13.2. The highest BCUT2D eigenvalue weighted by atomic mass is 19.1. The zero-order valence-corrected chi connectivity index (χ0v) is 7.91. The first-order chi connectivity index (χ1) is 7.16. The minimum Gasteiger partial charge on any atom is -0.388 e.